The van der Waals surface area contributed by atoms with Gasteiger partial charge in [0.1, 0.15) is 12.4 Å². The monoisotopic (exact) mass is 418 g/mol. The van der Waals surface area contributed by atoms with Gasteiger partial charge in [0.25, 0.3) is 0 Å². The average Bonchev–Trinajstić information content (AvgIpc) is 3.29. The predicted octanol–water partition coefficient (Wildman–Crippen LogP) is 4.80. The van der Waals surface area contributed by atoms with Gasteiger partial charge in [-0.25, -0.2) is 4.39 Å². The van der Waals surface area contributed by atoms with E-state index in [0.717, 1.165) is 10.9 Å². The van der Waals surface area contributed by atoms with Crippen LogP contribution in [0.3, 0.4) is 0 Å². The lowest BCUT2D eigenvalue weighted by molar-refractivity contribution is -0.159. The van der Waals surface area contributed by atoms with Crippen LogP contribution in [0.4, 0.5) is 23.2 Å². The second-order valence-electron chi connectivity index (χ2n) is 6.65. The van der Waals surface area contributed by atoms with Gasteiger partial charge in [-0.2, -0.15) is 18.2 Å². The molecule has 0 unspecified atom stereocenters. The number of benzene rings is 2. The molecule has 2 heterocycles. The number of nitrogens with one attached hydrogen (secondary N) is 1. The fraction of sp³-hybridized carbons (Fsp3) is 0.150. The van der Waals surface area contributed by atoms with Gasteiger partial charge in [-0.05, 0) is 55.0 Å². The maximum atomic E-state index is 13.0. The summed E-state index contributed by atoms with van der Waals surface area (Å²) in [6, 6.07) is 10.3. The van der Waals surface area contributed by atoms with Crippen molar-refractivity contribution < 1.29 is 26.9 Å². The van der Waals surface area contributed by atoms with Crippen molar-refractivity contribution in [2.75, 3.05) is 5.32 Å². The van der Waals surface area contributed by atoms with E-state index in [1.54, 1.807) is 29.0 Å². The summed E-state index contributed by atoms with van der Waals surface area (Å²) in [4.78, 5) is 15.7. The van der Waals surface area contributed by atoms with Crippen LogP contribution in [-0.4, -0.2) is 20.6 Å². The molecule has 0 aliphatic rings. The smallest absolute Gasteiger partial charge is 0.338 e. The molecule has 0 fully saturated rings. The van der Waals surface area contributed by atoms with Crippen molar-refractivity contribution in [2.24, 2.45) is 0 Å². The van der Waals surface area contributed by atoms with Crippen LogP contribution in [0, 0.1) is 12.7 Å². The van der Waals surface area contributed by atoms with E-state index in [4.69, 9.17) is 0 Å². The summed E-state index contributed by atoms with van der Waals surface area (Å²) in [5.41, 5.74) is 2.36. The molecule has 0 aliphatic heterocycles. The third-order valence-corrected chi connectivity index (χ3v) is 4.45. The summed E-state index contributed by atoms with van der Waals surface area (Å²) >= 11 is 0. The molecule has 0 spiro atoms. The molecule has 10 heteroatoms. The van der Waals surface area contributed by atoms with Crippen LogP contribution in [0.5, 0.6) is 0 Å². The van der Waals surface area contributed by atoms with Crippen molar-refractivity contribution >= 4 is 22.5 Å². The summed E-state index contributed by atoms with van der Waals surface area (Å²) in [6.07, 6.45) is -2.96. The number of carbonyl (C=O) groups is 1. The molecule has 2 aromatic carbocycles. The zero-order chi connectivity index (χ0) is 21.5. The lowest BCUT2D eigenvalue weighted by Gasteiger charge is -2.07. The molecule has 1 N–H and O–H groups in total. The minimum Gasteiger partial charge on any atom is -0.338 e. The lowest BCUT2D eigenvalue weighted by atomic mass is 10.1. The highest BCUT2D eigenvalue weighted by molar-refractivity contribution is 5.93. The Labute approximate surface area is 167 Å². The number of alkyl halides is 3. The second-order valence-corrected chi connectivity index (χ2v) is 6.65. The van der Waals surface area contributed by atoms with Gasteiger partial charge >= 0.3 is 12.1 Å². The van der Waals surface area contributed by atoms with E-state index >= 15 is 0 Å². The largest absolute Gasteiger partial charge is 0.471 e. The summed E-state index contributed by atoms with van der Waals surface area (Å²) in [7, 11) is 0. The van der Waals surface area contributed by atoms with Crippen LogP contribution in [0.25, 0.3) is 22.3 Å². The van der Waals surface area contributed by atoms with Crippen molar-refractivity contribution in [3.63, 3.8) is 0 Å². The number of amides is 1. The molecule has 2 aromatic heterocycles. The summed E-state index contributed by atoms with van der Waals surface area (Å²) in [5.74, 6) is -2.30. The quantitative estimate of drug-likeness (QED) is 0.484. The first-order chi connectivity index (χ1) is 14.2. The number of rotatable bonds is 4. The molecule has 1 amide bonds. The molecule has 0 atom stereocenters. The summed E-state index contributed by atoms with van der Waals surface area (Å²) < 4.78 is 57.0. The first kappa shape index (κ1) is 19.6. The van der Waals surface area contributed by atoms with Gasteiger partial charge in [0.15, 0.2) is 0 Å². The Balaban J connectivity index is 1.58. The van der Waals surface area contributed by atoms with Crippen LogP contribution in [-0.2, 0) is 17.5 Å². The summed E-state index contributed by atoms with van der Waals surface area (Å²) in [6.45, 7) is 1.82. The van der Waals surface area contributed by atoms with Gasteiger partial charge in [0, 0.05) is 28.4 Å². The molecule has 0 saturated heterocycles. The van der Waals surface area contributed by atoms with E-state index < -0.39 is 17.9 Å². The molecule has 4 rings (SSSR count). The van der Waals surface area contributed by atoms with Crippen LogP contribution in [0.15, 0.2) is 53.2 Å². The number of aryl methyl sites for hydroxylation is 1. The number of fused-ring (bicyclic) bond motifs is 1. The Hall–Kier alpha value is -3.69. The highest BCUT2D eigenvalue weighted by Gasteiger charge is 2.38. The van der Waals surface area contributed by atoms with Gasteiger partial charge < -0.3 is 14.4 Å². The Morgan fingerprint density at radius 1 is 1.17 bits per heavy atom. The van der Waals surface area contributed by atoms with Crippen molar-refractivity contribution in [3.05, 3.63) is 65.9 Å². The minimum absolute atomic E-state index is 0.00148. The van der Waals surface area contributed by atoms with E-state index in [2.05, 4.69) is 20.0 Å². The van der Waals surface area contributed by atoms with Gasteiger partial charge in [-0.15, -0.1) is 0 Å². The minimum atomic E-state index is -4.72. The van der Waals surface area contributed by atoms with Crippen LogP contribution < -0.4 is 5.32 Å². The number of anilines is 1. The molecule has 6 nitrogen and oxygen atoms in total. The fourth-order valence-electron chi connectivity index (χ4n) is 3.09. The number of carbonyl (C=O) groups excluding carboxylic acids is 1. The first-order valence-electron chi connectivity index (χ1n) is 8.77. The van der Waals surface area contributed by atoms with E-state index in [1.807, 2.05) is 6.92 Å². The second kappa shape index (κ2) is 7.29. The Bertz CT molecular complexity index is 1230. The molecule has 0 aliphatic carbocycles. The molecule has 0 saturated carbocycles. The molecular weight excluding hydrogens is 404 g/mol. The first-order valence-corrected chi connectivity index (χ1v) is 8.77. The number of hydrogen-bond acceptors (Lipinski definition) is 4. The zero-order valence-electron chi connectivity index (χ0n) is 15.5. The van der Waals surface area contributed by atoms with Gasteiger partial charge in [0.05, 0.1) is 0 Å². The molecule has 154 valence electrons. The van der Waals surface area contributed by atoms with Crippen molar-refractivity contribution in [1.82, 2.24) is 14.7 Å². The normalized spacial score (nSPS) is 11.8. The Morgan fingerprint density at radius 2 is 1.90 bits per heavy atom. The maximum Gasteiger partial charge on any atom is 0.471 e. The van der Waals surface area contributed by atoms with Crippen LogP contribution in [0.2, 0.25) is 0 Å². The van der Waals surface area contributed by atoms with E-state index in [9.17, 15) is 22.4 Å². The van der Waals surface area contributed by atoms with E-state index in [1.165, 1.54) is 24.3 Å². The van der Waals surface area contributed by atoms with Crippen molar-refractivity contribution in [2.45, 2.75) is 19.6 Å². The molecule has 0 bridgehead atoms. The standard InChI is InChI=1S/C20H14F4N4O2/c1-11-9-28(10-17(29)25-14-5-3-13(21)4-6-14)16-7-2-12(8-15(11)16)18-26-19(30-27-18)20(22,23)24/h2-9H,10H2,1H3,(H,25,29). The molecule has 0 radical (unpaired) electrons. The van der Waals surface area contributed by atoms with Gasteiger partial charge in [-0.1, -0.05) is 5.16 Å². The number of halogens is 4. The summed E-state index contributed by atoms with van der Waals surface area (Å²) in [5, 5.41) is 6.81. The van der Waals surface area contributed by atoms with E-state index in [-0.39, 0.29) is 18.3 Å². The van der Waals surface area contributed by atoms with Gasteiger partial charge in [0.2, 0.25) is 11.7 Å². The Kier molecular flexibility index (Phi) is 4.76. The Morgan fingerprint density at radius 3 is 2.57 bits per heavy atom. The zero-order valence-corrected chi connectivity index (χ0v) is 15.5. The topological polar surface area (TPSA) is 73.0 Å². The third kappa shape index (κ3) is 3.88. The molecular formula is C20H14F4N4O2. The third-order valence-electron chi connectivity index (χ3n) is 4.45. The van der Waals surface area contributed by atoms with Crippen molar-refractivity contribution in [1.29, 1.82) is 0 Å². The number of hydrogen-bond donors (Lipinski definition) is 1. The maximum absolute atomic E-state index is 13.0. The van der Waals surface area contributed by atoms with E-state index in [0.29, 0.717) is 16.8 Å². The lowest BCUT2D eigenvalue weighted by Crippen LogP contribution is -2.18. The van der Waals surface area contributed by atoms with Crippen molar-refractivity contribution in [3.8, 4) is 11.4 Å². The average molecular weight is 418 g/mol. The predicted molar refractivity (Wildman–Crippen MR) is 100.0 cm³/mol. The van der Waals surface area contributed by atoms with Gasteiger partial charge in [-0.3, -0.25) is 4.79 Å². The van der Waals surface area contributed by atoms with Crippen LogP contribution >= 0.6 is 0 Å². The van der Waals surface area contributed by atoms with Crippen LogP contribution in [0.1, 0.15) is 11.5 Å². The highest BCUT2D eigenvalue weighted by Crippen LogP contribution is 2.31. The molecule has 30 heavy (non-hydrogen) atoms. The number of nitrogens with zero attached hydrogens (tertiary/aromatic N) is 3. The SMILES string of the molecule is Cc1cn(CC(=O)Nc2ccc(F)cc2)c2ccc(-c3noc(C(F)(F)F)n3)cc12. The fourth-order valence-corrected chi connectivity index (χ4v) is 3.09. The highest BCUT2D eigenvalue weighted by atomic mass is 19.4. The molecule has 4 aromatic rings. The number of aromatic nitrogens is 3.